The highest BCUT2D eigenvalue weighted by Crippen LogP contribution is 2.15. The maximum atomic E-state index is 12.8. The van der Waals surface area contributed by atoms with Gasteiger partial charge in [-0.05, 0) is 42.8 Å². The molecule has 1 amide bonds. The summed E-state index contributed by atoms with van der Waals surface area (Å²) in [6.45, 7) is 1.67. The largest absolute Gasteiger partial charge is 0.398 e. The molecular weight excluding hydrogens is 271 g/mol. The van der Waals surface area contributed by atoms with Crippen LogP contribution in [0.25, 0.3) is 0 Å². The number of nitrogens with two attached hydrogens (primary N) is 1. The van der Waals surface area contributed by atoms with E-state index in [4.69, 9.17) is 5.73 Å². The molecule has 2 aromatic carbocycles. The number of benzene rings is 2. The summed E-state index contributed by atoms with van der Waals surface area (Å²) < 4.78 is 12.8. The summed E-state index contributed by atoms with van der Waals surface area (Å²) >= 11 is 0. The van der Waals surface area contributed by atoms with E-state index in [0.717, 1.165) is 5.56 Å². The number of amides is 1. The fraction of sp³-hybridized carbons (Fsp3) is 0.125. The zero-order chi connectivity index (χ0) is 15.4. The lowest BCUT2D eigenvalue weighted by molar-refractivity contribution is 0.0951. The predicted molar refractivity (Wildman–Crippen MR) is 78.4 cm³/mol. The molecular formula is C16H15FN2O2. The van der Waals surface area contributed by atoms with Gasteiger partial charge in [-0.2, -0.15) is 0 Å². The van der Waals surface area contributed by atoms with E-state index in [1.807, 2.05) is 0 Å². The standard InChI is InChI=1S/C16H15FN2O2/c1-10(20)14-8-12(4-7-15(14)18)16(21)19-9-11-2-5-13(17)6-3-11/h2-8H,9,18H2,1H3,(H,19,21). The predicted octanol–water partition coefficient (Wildman–Crippen LogP) is 2.54. The number of rotatable bonds is 4. The zero-order valence-electron chi connectivity index (χ0n) is 11.5. The van der Waals surface area contributed by atoms with E-state index in [-0.39, 0.29) is 24.1 Å². The van der Waals surface area contributed by atoms with Crippen LogP contribution in [0.4, 0.5) is 10.1 Å². The Labute approximate surface area is 121 Å². The smallest absolute Gasteiger partial charge is 0.251 e. The number of carbonyl (C=O) groups excluding carboxylic acids is 2. The van der Waals surface area contributed by atoms with Gasteiger partial charge in [0, 0.05) is 23.4 Å². The van der Waals surface area contributed by atoms with Gasteiger partial charge in [0.2, 0.25) is 0 Å². The molecule has 21 heavy (non-hydrogen) atoms. The second-order valence-electron chi connectivity index (χ2n) is 4.67. The van der Waals surface area contributed by atoms with Crippen LogP contribution in [0.15, 0.2) is 42.5 Å². The van der Waals surface area contributed by atoms with Crippen molar-refractivity contribution in [1.29, 1.82) is 0 Å². The molecule has 0 atom stereocenters. The lowest BCUT2D eigenvalue weighted by atomic mass is 10.1. The lowest BCUT2D eigenvalue weighted by Gasteiger charge is -2.08. The number of hydrogen-bond acceptors (Lipinski definition) is 3. The molecule has 5 heteroatoms. The van der Waals surface area contributed by atoms with Crippen molar-refractivity contribution in [2.75, 3.05) is 5.73 Å². The maximum Gasteiger partial charge on any atom is 0.251 e. The molecule has 0 unspecified atom stereocenters. The van der Waals surface area contributed by atoms with Gasteiger partial charge in [0.15, 0.2) is 5.78 Å². The molecule has 3 N–H and O–H groups in total. The molecule has 2 rings (SSSR count). The Hall–Kier alpha value is -2.69. The molecule has 0 saturated heterocycles. The van der Waals surface area contributed by atoms with E-state index < -0.39 is 0 Å². The van der Waals surface area contributed by atoms with Crippen molar-refractivity contribution >= 4 is 17.4 Å². The van der Waals surface area contributed by atoms with Crippen molar-refractivity contribution in [2.45, 2.75) is 13.5 Å². The van der Waals surface area contributed by atoms with Gasteiger partial charge in [-0.15, -0.1) is 0 Å². The molecule has 0 aromatic heterocycles. The highest BCUT2D eigenvalue weighted by molar-refractivity contribution is 6.03. The van der Waals surface area contributed by atoms with Gasteiger partial charge in [-0.3, -0.25) is 9.59 Å². The third-order valence-electron chi connectivity index (χ3n) is 3.06. The summed E-state index contributed by atoms with van der Waals surface area (Å²) in [6.07, 6.45) is 0. The van der Waals surface area contributed by atoms with E-state index in [0.29, 0.717) is 16.8 Å². The van der Waals surface area contributed by atoms with Crippen LogP contribution < -0.4 is 11.1 Å². The van der Waals surface area contributed by atoms with Crippen LogP contribution in [0.3, 0.4) is 0 Å². The average Bonchev–Trinajstić information content (AvgIpc) is 2.46. The highest BCUT2D eigenvalue weighted by atomic mass is 19.1. The topological polar surface area (TPSA) is 72.2 Å². The molecule has 0 spiro atoms. The van der Waals surface area contributed by atoms with E-state index in [1.54, 1.807) is 18.2 Å². The van der Waals surface area contributed by atoms with Crippen molar-refractivity contribution in [3.8, 4) is 0 Å². The first-order valence-electron chi connectivity index (χ1n) is 6.40. The number of Topliss-reactive ketones (excluding diaryl/α,β-unsaturated/α-hetero) is 1. The van der Waals surface area contributed by atoms with Crippen LogP contribution in [0.2, 0.25) is 0 Å². The highest BCUT2D eigenvalue weighted by Gasteiger charge is 2.10. The third kappa shape index (κ3) is 3.66. The average molecular weight is 286 g/mol. The fourth-order valence-electron chi connectivity index (χ4n) is 1.89. The summed E-state index contributed by atoms with van der Waals surface area (Å²) in [5.41, 5.74) is 7.49. The maximum absolute atomic E-state index is 12.8. The summed E-state index contributed by atoms with van der Waals surface area (Å²) in [6, 6.07) is 10.4. The molecule has 0 saturated carbocycles. The van der Waals surface area contributed by atoms with Crippen LogP contribution in [0.1, 0.15) is 33.2 Å². The Morgan fingerprint density at radius 3 is 2.43 bits per heavy atom. The van der Waals surface area contributed by atoms with Crippen molar-refractivity contribution in [3.63, 3.8) is 0 Å². The van der Waals surface area contributed by atoms with Crippen molar-refractivity contribution < 1.29 is 14.0 Å². The normalized spacial score (nSPS) is 10.2. The minimum Gasteiger partial charge on any atom is -0.398 e. The van der Waals surface area contributed by atoms with Gasteiger partial charge in [-0.1, -0.05) is 12.1 Å². The van der Waals surface area contributed by atoms with E-state index in [9.17, 15) is 14.0 Å². The van der Waals surface area contributed by atoms with Crippen molar-refractivity contribution in [3.05, 3.63) is 65.0 Å². The van der Waals surface area contributed by atoms with Gasteiger partial charge >= 0.3 is 0 Å². The molecule has 0 aliphatic heterocycles. The van der Waals surface area contributed by atoms with Crippen LogP contribution in [-0.4, -0.2) is 11.7 Å². The number of nitrogens with one attached hydrogen (secondary N) is 1. The summed E-state index contributed by atoms with van der Waals surface area (Å²) in [4.78, 5) is 23.4. The second kappa shape index (κ2) is 6.17. The Balaban J connectivity index is 2.08. The van der Waals surface area contributed by atoms with E-state index in [1.165, 1.54) is 31.2 Å². The molecule has 0 heterocycles. The number of ketones is 1. The quantitative estimate of drug-likeness (QED) is 0.670. The van der Waals surface area contributed by atoms with Gasteiger partial charge in [-0.25, -0.2) is 4.39 Å². The van der Waals surface area contributed by atoms with Gasteiger partial charge in [0.25, 0.3) is 5.91 Å². The Kier molecular flexibility index (Phi) is 4.33. The first-order chi connectivity index (χ1) is 9.97. The minimum absolute atomic E-state index is 0.194. The lowest BCUT2D eigenvalue weighted by Crippen LogP contribution is -2.23. The minimum atomic E-state index is -0.324. The SMILES string of the molecule is CC(=O)c1cc(C(=O)NCc2ccc(F)cc2)ccc1N. The van der Waals surface area contributed by atoms with Crippen LogP contribution >= 0.6 is 0 Å². The van der Waals surface area contributed by atoms with Crippen LogP contribution in [0, 0.1) is 5.82 Å². The number of anilines is 1. The molecule has 0 aliphatic carbocycles. The second-order valence-corrected chi connectivity index (χ2v) is 4.67. The number of carbonyl (C=O) groups is 2. The first kappa shape index (κ1) is 14.7. The van der Waals surface area contributed by atoms with Crippen molar-refractivity contribution in [1.82, 2.24) is 5.32 Å². The molecule has 4 nitrogen and oxygen atoms in total. The van der Waals surface area contributed by atoms with Crippen LogP contribution in [0.5, 0.6) is 0 Å². The fourth-order valence-corrected chi connectivity index (χ4v) is 1.89. The third-order valence-corrected chi connectivity index (χ3v) is 3.06. The molecule has 2 aromatic rings. The Morgan fingerprint density at radius 1 is 1.14 bits per heavy atom. The molecule has 0 bridgehead atoms. The van der Waals surface area contributed by atoms with E-state index in [2.05, 4.69) is 5.32 Å². The van der Waals surface area contributed by atoms with Crippen LogP contribution in [-0.2, 0) is 6.54 Å². The van der Waals surface area contributed by atoms with Gasteiger partial charge in [0.1, 0.15) is 5.82 Å². The zero-order valence-corrected chi connectivity index (χ0v) is 11.5. The van der Waals surface area contributed by atoms with Gasteiger partial charge < -0.3 is 11.1 Å². The summed E-state index contributed by atoms with van der Waals surface area (Å²) in [7, 11) is 0. The molecule has 108 valence electrons. The number of halogens is 1. The Bertz CT molecular complexity index is 681. The molecule has 0 aliphatic rings. The monoisotopic (exact) mass is 286 g/mol. The van der Waals surface area contributed by atoms with Gasteiger partial charge in [0.05, 0.1) is 0 Å². The number of hydrogen-bond donors (Lipinski definition) is 2. The Morgan fingerprint density at radius 2 is 1.81 bits per heavy atom. The number of nitrogen functional groups attached to an aromatic ring is 1. The van der Waals surface area contributed by atoms with Crippen molar-refractivity contribution in [2.24, 2.45) is 0 Å². The summed E-state index contributed by atoms with van der Waals surface area (Å²) in [5, 5.41) is 2.71. The molecule has 0 radical (unpaired) electrons. The summed E-state index contributed by atoms with van der Waals surface area (Å²) in [5.74, 6) is -0.836. The van der Waals surface area contributed by atoms with E-state index >= 15 is 0 Å². The molecule has 0 fully saturated rings. The first-order valence-corrected chi connectivity index (χ1v) is 6.40.